The Balaban J connectivity index is 1.81. The molecule has 0 aliphatic carbocycles. The third-order valence-electron chi connectivity index (χ3n) is 3.03. The molecular weight excluding hydrogens is 317 g/mol. The Kier molecular flexibility index (Phi) is 4.00. The number of ether oxygens (including phenoxy) is 1. The Bertz CT molecular complexity index is 711. The van der Waals surface area contributed by atoms with Gasteiger partial charge in [-0.25, -0.2) is 0 Å². The van der Waals surface area contributed by atoms with Crippen molar-refractivity contribution in [2.45, 2.75) is 13.5 Å². The predicted molar refractivity (Wildman–Crippen MR) is 81.4 cm³/mol. The number of aromatic nitrogens is 2. The van der Waals surface area contributed by atoms with Gasteiger partial charge in [-0.1, -0.05) is 0 Å². The molecule has 0 radical (unpaired) electrons. The Labute approximate surface area is 124 Å². The molecule has 1 heterocycles. The number of anilines is 1. The number of hydrogen-bond acceptors (Lipinski definition) is 4. The maximum absolute atomic E-state index is 5.64. The summed E-state index contributed by atoms with van der Waals surface area (Å²) in [7, 11) is 0. The summed E-state index contributed by atoms with van der Waals surface area (Å²) in [6, 6.07) is 14.2. The van der Waals surface area contributed by atoms with Crippen LogP contribution in [0.25, 0.3) is 11.0 Å². The summed E-state index contributed by atoms with van der Waals surface area (Å²) in [5.74, 6) is 0.931. The standard InChI is InChI=1S/C15H15N3OSe/c1-2-19-14-9-4-3-6-11(14)10-16-12-7-5-8-13-15(12)18-20-17-13/h3-9,16H,2,10H2,1H3. The summed E-state index contributed by atoms with van der Waals surface area (Å²) in [5.41, 5.74) is 4.17. The second-order valence-corrected chi connectivity index (χ2v) is 5.44. The molecular formula is C15H15N3OSe. The van der Waals surface area contributed by atoms with Crippen molar-refractivity contribution in [1.82, 2.24) is 7.96 Å². The molecule has 102 valence electrons. The van der Waals surface area contributed by atoms with E-state index in [-0.39, 0.29) is 15.0 Å². The van der Waals surface area contributed by atoms with E-state index in [9.17, 15) is 0 Å². The van der Waals surface area contributed by atoms with Crippen LogP contribution >= 0.6 is 0 Å². The van der Waals surface area contributed by atoms with Crippen molar-refractivity contribution in [2.75, 3.05) is 11.9 Å². The fourth-order valence-corrected chi connectivity index (χ4v) is 3.24. The maximum atomic E-state index is 5.64. The number of para-hydroxylation sites is 1. The summed E-state index contributed by atoms with van der Waals surface area (Å²) in [4.78, 5) is 0. The van der Waals surface area contributed by atoms with Crippen LogP contribution in [-0.4, -0.2) is 29.5 Å². The van der Waals surface area contributed by atoms with E-state index < -0.39 is 0 Å². The molecule has 3 aromatic rings. The van der Waals surface area contributed by atoms with Crippen LogP contribution < -0.4 is 10.1 Å². The summed E-state index contributed by atoms with van der Waals surface area (Å²) in [5, 5.41) is 3.44. The van der Waals surface area contributed by atoms with Crippen molar-refractivity contribution in [1.29, 1.82) is 0 Å². The first kappa shape index (κ1) is 13.2. The molecule has 0 bridgehead atoms. The number of nitrogens with one attached hydrogen (secondary N) is 1. The first-order valence-corrected chi connectivity index (χ1v) is 8.07. The van der Waals surface area contributed by atoms with Gasteiger partial charge in [-0.3, -0.25) is 0 Å². The summed E-state index contributed by atoms with van der Waals surface area (Å²) >= 11 is 0.00332. The van der Waals surface area contributed by atoms with Crippen molar-refractivity contribution in [3.8, 4) is 5.75 Å². The van der Waals surface area contributed by atoms with E-state index >= 15 is 0 Å². The summed E-state index contributed by atoms with van der Waals surface area (Å²) in [6.07, 6.45) is 0. The normalized spacial score (nSPS) is 10.7. The van der Waals surface area contributed by atoms with Crippen molar-refractivity contribution < 1.29 is 4.74 Å². The Hall–Kier alpha value is -1.84. The van der Waals surface area contributed by atoms with Crippen LogP contribution in [0.3, 0.4) is 0 Å². The van der Waals surface area contributed by atoms with E-state index in [0.29, 0.717) is 6.61 Å². The molecule has 0 saturated heterocycles. The quantitative estimate of drug-likeness (QED) is 0.730. The molecule has 0 aliphatic rings. The molecule has 0 spiro atoms. The van der Waals surface area contributed by atoms with Crippen LogP contribution in [0.1, 0.15) is 12.5 Å². The molecule has 0 amide bonds. The SMILES string of the molecule is CCOc1ccccc1CNc1cccc2n[se]nc12. The average molecular weight is 332 g/mol. The molecule has 0 atom stereocenters. The summed E-state index contributed by atoms with van der Waals surface area (Å²) < 4.78 is 14.5. The van der Waals surface area contributed by atoms with Crippen LogP contribution in [0.5, 0.6) is 5.75 Å². The van der Waals surface area contributed by atoms with Crippen LogP contribution in [0.4, 0.5) is 5.69 Å². The van der Waals surface area contributed by atoms with Gasteiger partial charge in [0.25, 0.3) is 0 Å². The molecule has 5 heteroatoms. The zero-order valence-corrected chi connectivity index (χ0v) is 12.9. The summed E-state index contributed by atoms with van der Waals surface area (Å²) in [6.45, 7) is 3.39. The first-order valence-electron chi connectivity index (χ1n) is 6.54. The Morgan fingerprint density at radius 2 is 2.00 bits per heavy atom. The van der Waals surface area contributed by atoms with E-state index in [4.69, 9.17) is 4.74 Å². The van der Waals surface area contributed by atoms with Crippen LogP contribution in [0.2, 0.25) is 0 Å². The Morgan fingerprint density at radius 1 is 1.10 bits per heavy atom. The monoisotopic (exact) mass is 333 g/mol. The molecule has 20 heavy (non-hydrogen) atoms. The fraction of sp³-hybridized carbons (Fsp3) is 0.200. The molecule has 0 saturated carbocycles. The minimum atomic E-state index is 0.00332. The number of benzene rings is 2. The van der Waals surface area contributed by atoms with Crippen molar-refractivity contribution >= 4 is 31.7 Å². The van der Waals surface area contributed by atoms with Gasteiger partial charge >= 0.3 is 124 Å². The third kappa shape index (κ3) is 2.69. The van der Waals surface area contributed by atoms with Gasteiger partial charge in [0.1, 0.15) is 0 Å². The number of nitrogens with zero attached hydrogens (tertiary/aromatic N) is 2. The minimum absolute atomic E-state index is 0.00332. The van der Waals surface area contributed by atoms with Gasteiger partial charge in [-0.15, -0.1) is 0 Å². The van der Waals surface area contributed by atoms with Crippen molar-refractivity contribution in [2.24, 2.45) is 0 Å². The van der Waals surface area contributed by atoms with Crippen molar-refractivity contribution in [3.05, 3.63) is 48.0 Å². The van der Waals surface area contributed by atoms with E-state index in [2.05, 4.69) is 19.3 Å². The Morgan fingerprint density at radius 3 is 2.90 bits per heavy atom. The van der Waals surface area contributed by atoms with Gasteiger partial charge in [-0.2, -0.15) is 0 Å². The van der Waals surface area contributed by atoms with E-state index in [1.807, 2.05) is 43.3 Å². The third-order valence-corrected chi connectivity index (χ3v) is 4.17. The zero-order chi connectivity index (χ0) is 13.8. The molecule has 2 aromatic carbocycles. The van der Waals surface area contributed by atoms with Crippen LogP contribution in [0.15, 0.2) is 42.5 Å². The van der Waals surface area contributed by atoms with Crippen molar-refractivity contribution in [3.63, 3.8) is 0 Å². The number of fused-ring (bicyclic) bond motifs is 1. The van der Waals surface area contributed by atoms with Gasteiger partial charge in [0.15, 0.2) is 0 Å². The second kappa shape index (κ2) is 6.07. The molecule has 0 aliphatic heterocycles. The molecule has 4 nitrogen and oxygen atoms in total. The average Bonchev–Trinajstić information content (AvgIpc) is 2.96. The number of rotatable bonds is 5. The van der Waals surface area contributed by atoms with E-state index in [1.54, 1.807) is 0 Å². The van der Waals surface area contributed by atoms with Crippen LogP contribution in [0, 0.1) is 0 Å². The first-order chi connectivity index (χ1) is 9.88. The van der Waals surface area contributed by atoms with Crippen LogP contribution in [-0.2, 0) is 6.54 Å². The van der Waals surface area contributed by atoms with Gasteiger partial charge in [0, 0.05) is 0 Å². The molecule has 1 aromatic heterocycles. The van der Waals surface area contributed by atoms with E-state index in [0.717, 1.165) is 34.6 Å². The van der Waals surface area contributed by atoms with Gasteiger partial charge in [-0.05, 0) is 0 Å². The topological polar surface area (TPSA) is 47.0 Å². The molecule has 0 unspecified atom stereocenters. The van der Waals surface area contributed by atoms with E-state index in [1.165, 1.54) is 0 Å². The second-order valence-electron chi connectivity index (χ2n) is 4.33. The molecule has 1 N–H and O–H groups in total. The molecule has 3 rings (SSSR count). The fourth-order valence-electron chi connectivity index (χ4n) is 2.09. The molecule has 0 fully saturated rings. The van der Waals surface area contributed by atoms with Gasteiger partial charge in [0.05, 0.1) is 0 Å². The zero-order valence-electron chi connectivity index (χ0n) is 11.2. The number of hydrogen-bond donors (Lipinski definition) is 1. The predicted octanol–water partition coefficient (Wildman–Crippen LogP) is 2.70. The van der Waals surface area contributed by atoms with Gasteiger partial charge in [0.2, 0.25) is 0 Å². The van der Waals surface area contributed by atoms with Gasteiger partial charge < -0.3 is 0 Å².